The Hall–Kier alpha value is -1.57. The summed E-state index contributed by atoms with van der Waals surface area (Å²) < 4.78 is 40.7. The van der Waals surface area contributed by atoms with E-state index in [1.807, 2.05) is 7.05 Å². The molecule has 1 aliphatic carbocycles. The molecule has 1 atom stereocenters. The van der Waals surface area contributed by atoms with Gasteiger partial charge in [0.25, 0.3) is 0 Å². The second-order valence-corrected chi connectivity index (χ2v) is 6.81. The number of aromatic nitrogens is 2. The van der Waals surface area contributed by atoms with Gasteiger partial charge in [-0.15, -0.1) is 0 Å². The van der Waals surface area contributed by atoms with Gasteiger partial charge in [0.2, 0.25) is 5.91 Å². The van der Waals surface area contributed by atoms with Crippen molar-refractivity contribution < 1.29 is 18.0 Å². The van der Waals surface area contributed by atoms with Gasteiger partial charge in [0.05, 0.1) is 0 Å². The number of hydrogen-bond acceptors (Lipinski definition) is 3. The van der Waals surface area contributed by atoms with E-state index in [1.165, 1.54) is 4.68 Å². The lowest BCUT2D eigenvalue weighted by Gasteiger charge is -2.30. The van der Waals surface area contributed by atoms with Crippen molar-refractivity contribution >= 4 is 5.91 Å². The van der Waals surface area contributed by atoms with Crippen LogP contribution in [0.3, 0.4) is 0 Å². The van der Waals surface area contributed by atoms with Gasteiger partial charge in [0.15, 0.2) is 5.69 Å². The largest absolute Gasteiger partial charge is 0.435 e. The first kappa shape index (κ1) is 17.3. The molecule has 8 heteroatoms. The Morgan fingerprint density at radius 3 is 2.75 bits per heavy atom. The van der Waals surface area contributed by atoms with Crippen molar-refractivity contribution in [3.05, 3.63) is 17.0 Å². The molecule has 0 bridgehead atoms. The Kier molecular flexibility index (Phi) is 4.85. The van der Waals surface area contributed by atoms with Gasteiger partial charge in [-0.2, -0.15) is 18.3 Å². The van der Waals surface area contributed by atoms with E-state index in [2.05, 4.69) is 15.3 Å². The number of fused-ring (bicyclic) bond motifs is 1. The molecule has 1 aliphatic heterocycles. The summed E-state index contributed by atoms with van der Waals surface area (Å²) >= 11 is 0. The zero-order valence-electron chi connectivity index (χ0n) is 13.8. The fourth-order valence-electron chi connectivity index (χ4n) is 3.72. The summed E-state index contributed by atoms with van der Waals surface area (Å²) in [6.07, 6.45) is -0.0301. The summed E-state index contributed by atoms with van der Waals surface area (Å²) in [6.45, 7) is 1.64. The van der Waals surface area contributed by atoms with E-state index in [0.29, 0.717) is 18.5 Å². The van der Waals surface area contributed by atoms with E-state index < -0.39 is 11.9 Å². The number of nitrogens with one attached hydrogen (secondary N) is 1. The number of piperidine rings is 1. The zero-order valence-corrected chi connectivity index (χ0v) is 13.8. The van der Waals surface area contributed by atoms with E-state index in [4.69, 9.17) is 0 Å². The van der Waals surface area contributed by atoms with Crippen LogP contribution < -0.4 is 5.32 Å². The normalized spacial score (nSPS) is 22.2. The Labute approximate surface area is 139 Å². The number of amides is 1. The quantitative estimate of drug-likeness (QED) is 0.912. The minimum atomic E-state index is -4.46. The molecule has 5 nitrogen and oxygen atoms in total. The van der Waals surface area contributed by atoms with Crippen LogP contribution in [0, 0.1) is 0 Å². The molecular formula is C16H23F3N4O. The van der Waals surface area contributed by atoms with Crippen LogP contribution in [-0.2, 0) is 30.4 Å². The predicted molar refractivity (Wildman–Crippen MR) is 82.5 cm³/mol. The molecule has 3 rings (SSSR count). The maximum atomic E-state index is 13.2. The lowest BCUT2D eigenvalue weighted by atomic mass is 9.95. The monoisotopic (exact) mass is 344 g/mol. The molecule has 0 spiro atoms. The van der Waals surface area contributed by atoms with Crippen molar-refractivity contribution in [2.45, 2.75) is 57.3 Å². The standard InChI is InChI=1S/C16H23F3N4O/c1-22-8-4-5-11(9-22)20-14(24)10-23-13-7-3-2-6-12(13)15(21-23)16(17,18)19/h11H,2-10H2,1H3,(H,20,24). The van der Waals surface area contributed by atoms with Crippen LogP contribution in [0.1, 0.15) is 42.6 Å². The molecule has 0 radical (unpaired) electrons. The average Bonchev–Trinajstić information content (AvgIpc) is 2.86. The molecule has 1 aromatic rings. The molecule has 0 aromatic carbocycles. The minimum Gasteiger partial charge on any atom is -0.350 e. The second kappa shape index (κ2) is 6.74. The highest BCUT2D eigenvalue weighted by Crippen LogP contribution is 2.35. The lowest BCUT2D eigenvalue weighted by molar-refractivity contribution is -0.142. The summed E-state index contributed by atoms with van der Waals surface area (Å²) in [5.74, 6) is -0.264. The molecule has 134 valence electrons. The fraction of sp³-hybridized carbons (Fsp3) is 0.750. The first-order valence-electron chi connectivity index (χ1n) is 8.48. The highest BCUT2D eigenvalue weighted by molar-refractivity contribution is 5.76. The van der Waals surface area contributed by atoms with E-state index in [1.54, 1.807) is 0 Å². The average molecular weight is 344 g/mol. The maximum Gasteiger partial charge on any atom is 0.435 e. The third-order valence-corrected chi connectivity index (χ3v) is 4.81. The Balaban J connectivity index is 1.72. The molecule has 1 amide bonds. The van der Waals surface area contributed by atoms with Gasteiger partial charge in [0, 0.05) is 23.8 Å². The minimum absolute atomic E-state index is 0.0599. The van der Waals surface area contributed by atoms with Crippen LogP contribution >= 0.6 is 0 Å². The fourth-order valence-corrected chi connectivity index (χ4v) is 3.72. The highest BCUT2D eigenvalue weighted by atomic mass is 19.4. The lowest BCUT2D eigenvalue weighted by Crippen LogP contribution is -2.47. The van der Waals surface area contributed by atoms with Crippen molar-refractivity contribution in [2.75, 3.05) is 20.1 Å². The maximum absolute atomic E-state index is 13.2. The molecule has 2 heterocycles. The van der Waals surface area contributed by atoms with Crippen LogP contribution in [0.4, 0.5) is 13.2 Å². The molecule has 1 saturated heterocycles. The Morgan fingerprint density at radius 2 is 2.04 bits per heavy atom. The number of likely N-dealkylation sites (N-methyl/N-ethyl adjacent to an activating group) is 1. The number of halogens is 3. The number of hydrogen-bond donors (Lipinski definition) is 1. The molecule has 24 heavy (non-hydrogen) atoms. The topological polar surface area (TPSA) is 50.2 Å². The number of carbonyl (C=O) groups is 1. The molecule has 1 N–H and O–H groups in total. The van der Waals surface area contributed by atoms with E-state index in [9.17, 15) is 18.0 Å². The summed E-state index contributed by atoms with van der Waals surface area (Å²) in [4.78, 5) is 14.4. The van der Waals surface area contributed by atoms with Crippen molar-refractivity contribution in [3.63, 3.8) is 0 Å². The zero-order chi connectivity index (χ0) is 17.3. The summed E-state index contributed by atoms with van der Waals surface area (Å²) in [7, 11) is 2.00. The highest BCUT2D eigenvalue weighted by Gasteiger charge is 2.39. The van der Waals surface area contributed by atoms with Gasteiger partial charge in [-0.3, -0.25) is 9.48 Å². The molecule has 1 fully saturated rings. The third-order valence-electron chi connectivity index (χ3n) is 4.81. The number of alkyl halides is 3. The van der Waals surface area contributed by atoms with Gasteiger partial charge >= 0.3 is 6.18 Å². The van der Waals surface area contributed by atoms with Gasteiger partial charge in [0.1, 0.15) is 6.54 Å². The van der Waals surface area contributed by atoms with Crippen molar-refractivity contribution in [3.8, 4) is 0 Å². The van der Waals surface area contributed by atoms with Gasteiger partial charge < -0.3 is 10.2 Å². The number of nitrogens with zero attached hydrogens (tertiary/aromatic N) is 3. The summed E-state index contributed by atoms with van der Waals surface area (Å²) in [6, 6.07) is 0.0599. The SMILES string of the molecule is CN1CCCC(NC(=O)Cn2nc(C(F)(F)F)c3c2CCCC3)C1. The van der Waals surface area contributed by atoms with Crippen LogP contribution in [0.25, 0.3) is 0 Å². The Bertz CT molecular complexity index is 611. The van der Waals surface area contributed by atoms with E-state index in [-0.39, 0.29) is 24.1 Å². The van der Waals surface area contributed by atoms with Crippen molar-refractivity contribution in [2.24, 2.45) is 0 Å². The van der Waals surface area contributed by atoms with Crippen LogP contribution in [0.2, 0.25) is 0 Å². The molecule has 1 unspecified atom stereocenters. The smallest absolute Gasteiger partial charge is 0.350 e. The summed E-state index contributed by atoms with van der Waals surface area (Å²) in [5.41, 5.74) is 0.0332. The molecule has 2 aliphatic rings. The third kappa shape index (κ3) is 3.74. The van der Waals surface area contributed by atoms with E-state index in [0.717, 1.165) is 38.8 Å². The second-order valence-electron chi connectivity index (χ2n) is 6.81. The van der Waals surface area contributed by atoms with Gasteiger partial charge in [-0.05, 0) is 52.1 Å². The molecule has 0 saturated carbocycles. The Morgan fingerprint density at radius 1 is 1.29 bits per heavy atom. The van der Waals surface area contributed by atoms with Crippen LogP contribution in [-0.4, -0.2) is 46.8 Å². The molecular weight excluding hydrogens is 321 g/mol. The van der Waals surface area contributed by atoms with Gasteiger partial charge in [-0.25, -0.2) is 0 Å². The first-order chi connectivity index (χ1) is 11.3. The van der Waals surface area contributed by atoms with Crippen molar-refractivity contribution in [1.82, 2.24) is 20.0 Å². The van der Waals surface area contributed by atoms with Crippen LogP contribution in [0.5, 0.6) is 0 Å². The van der Waals surface area contributed by atoms with Gasteiger partial charge in [-0.1, -0.05) is 0 Å². The molecule has 1 aromatic heterocycles. The van der Waals surface area contributed by atoms with Crippen LogP contribution in [0.15, 0.2) is 0 Å². The number of carbonyl (C=O) groups excluding carboxylic acids is 1. The van der Waals surface area contributed by atoms with Crippen molar-refractivity contribution in [1.29, 1.82) is 0 Å². The predicted octanol–water partition coefficient (Wildman–Crippen LogP) is 1.99. The summed E-state index contributed by atoms with van der Waals surface area (Å²) in [5, 5.41) is 6.66. The van der Waals surface area contributed by atoms with E-state index >= 15 is 0 Å². The number of likely N-dealkylation sites (tertiary alicyclic amines) is 1. The number of rotatable bonds is 3. The first-order valence-corrected chi connectivity index (χ1v) is 8.48.